The van der Waals surface area contributed by atoms with Gasteiger partial charge in [0.15, 0.2) is 0 Å². The van der Waals surface area contributed by atoms with Crippen LogP contribution in [0.2, 0.25) is 0 Å². The van der Waals surface area contributed by atoms with Crippen LogP contribution in [0.1, 0.15) is 6.92 Å². The van der Waals surface area contributed by atoms with Crippen LogP contribution in [0.15, 0.2) is 48.6 Å². The van der Waals surface area contributed by atoms with Gasteiger partial charge in [-0.3, -0.25) is 4.79 Å². The molecule has 0 saturated carbocycles. The highest BCUT2D eigenvalue weighted by Gasteiger charge is 2.14. The van der Waals surface area contributed by atoms with Crippen LogP contribution in [-0.4, -0.2) is 17.2 Å². The van der Waals surface area contributed by atoms with E-state index in [1.807, 2.05) is 18.4 Å². The minimum atomic E-state index is -0.833. The minimum Gasteiger partial charge on any atom is -0.489 e. The number of ether oxygens (including phenoxy) is 1. The minimum absolute atomic E-state index is 0.106. The second-order valence-corrected chi connectivity index (χ2v) is 3.98. The van der Waals surface area contributed by atoms with E-state index < -0.39 is 5.97 Å². The van der Waals surface area contributed by atoms with Crippen LogP contribution in [0, 0.1) is 0 Å². The van der Waals surface area contributed by atoms with Gasteiger partial charge in [-0.25, -0.2) is 0 Å². The predicted molar refractivity (Wildman–Crippen MR) is 70.0 cm³/mol. The number of rotatable bonds is 0. The molecule has 92 valence electrons. The lowest BCUT2D eigenvalue weighted by Crippen LogP contribution is -2.35. The Morgan fingerprint density at radius 3 is 2.78 bits per heavy atom. The number of hydrogen-bond acceptors (Lipinski definition) is 2. The van der Waals surface area contributed by atoms with E-state index in [1.165, 1.54) is 16.0 Å². The van der Waals surface area contributed by atoms with Gasteiger partial charge in [-0.05, 0) is 11.3 Å². The lowest BCUT2D eigenvalue weighted by molar-refractivity contribution is -0.134. The Kier molecular flexibility index (Phi) is 3.63. The second kappa shape index (κ2) is 5.36. The average molecular weight is 242 g/mol. The Labute approximate surface area is 105 Å². The molecule has 1 aliphatic carbocycles. The maximum Gasteiger partial charge on any atom is 0.300 e. The lowest BCUT2D eigenvalue weighted by Gasteiger charge is -2.20. The number of carbonyl (C=O) groups is 1. The Morgan fingerprint density at radius 1 is 1.28 bits per heavy atom. The van der Waals surface area contributed by atoms with Gasteiger partial charge < -0.3 is 9.84 Å². The first-order valence-electron chi connectivity index (χ1n) is 5.68. The molecule has 3 nitrogen and oxygen atoms in total. The van der Waals surface area contributed by atoms with Crippen molar-refractivity contribution in [3.63, 3.8) is 0 Å². The third kappa shape index (κ3) is 2.69. The van der Waals surface area contributed by atoms with Crippen molar-refractivity contribution in [3.8, 4) is 0 Å². The summed E-state index contributed by atoms with van der Waals surface area (Å²) >= 11 is 0. The molecule has 3 rings (SSSR count). The van der Waals surface area contributed by atoms with Crippen molar-refractivity contribution >= 4 is 17.8 Å². The molecule has 0 bridgehead atoms. The van der Waals surface area contributed by atoms with Crippen LogP contribution in [0.25, 0.3) is 11.8 Å². The topological polar surface area (TPSA) is 46.5 Å². The van der Waals surface area contributed by atoms with Crippen LogP contribution < -0.4 is 10.4 Å². The van der Waals surface area contributed by atoms with E-state index in [2.05, 4.69) is 36.4 Å². The zero-order valence-corrected chi connectivity index (χ0v) is 10.0. The third-order valence-electron chi connectivity index (χ3n) is 2.59. The van der Waals surface area contributed by atoms with Crippen molar-refractivity contribution in [2.24, 2.45) is 0 Å². The van der Waals surface area contributed by atoms with Gasteiger partial charge in [0.2, 0.25) is 0 Å². The van der Waals surface area contributed by atoms with Crippen LogP contribution in [0.3, 0.4) is 0 Å². The quantitative estimate of drug-likeness (QED) is 0.743. The average Bonchev–Trinajstić information content (AvgIpc) is 2.38. The van der Waals surface area contributed by atoms with Crippen LogP contribution in [0.5, 0.6) is 0 Å². The third-order valence-corrected chi connectivity index (χ3v) is 2.59. The number of allylic oxidation sites excluding steroid dienone is 2. The molecule has 1 aromatic carbocycles. The summed E-state index contributed by atoms with van der Waals surface area (Å²) in [6.07, 6.45) is 10.2. The molecule has 0 radical (unpaired) electrons. The highest BCUT2D eigenvalue weighted by atomic mass is 16.5. The van der Waals surface area contributed by atoms with E-state index in [1.54, 1.807) is 0 Å². The van der Waals surface area contributed by atoms with Crippen molar-refractivity contribution in [2.75, 3.05) is 0 Å². The van der Waals surface area contributed by atoms with Crippen molar-refractivity contribution in [1.82, 2.24) is 0 Å². The van der Waals surface area contributed by atoms with E-state index in [4.69, 9.17) is 14.6 Å². The predicted octanol–water partition coefficient (Wildman–Crippen LogP) is 1.19. The molecular weight excluding hydrogens is 228 g/mol. The summed E-state index contributed by atoms with van der Waals surface area (Å²) in [7, 11) is 0. The van der Waals surface area contributed by atoms with Gasteiger partial charge in [0, 0.05) is 17.7 Å². The summed E-state index contributed by atoms with van der Waals surface area (Å²) in [5.41, 5.74) is 1.26. The molecule has 1 heterocycles. The standard InChI is InChI=1S/C13H10O.C2H4O2/c1-2-6-11-10(5-1)9-14-13-8-4-3-7-12(11)13;1-2(3)4/h1-9,13H;1H3,(H,3,4). The highest BCUT2D eigenvalue weighted by Crippen LogP contribution is 2.16. The molecule has 1 aromatic rings. The molecule has 0 aromatic heterocycles. The molecule has 0 fully saturated rings. The molecule has 2 aliphatic rings. The Morgan fingerprint density at radius 2 is 2.00 bits per heavy atom. The number of fused-ring (bicyclic) bond motifs is 2. The van der Waals surface area contributed by atoms with Crippen LogP contribution in [0.4, 0.5) is 0 Å². The molecule has 1 unspecified atom stereocenters. The van der Waals surface area contributed by atoms with Gasteiger partial charge in [0.25, 0.3) is 5.97 Å². The zero-order valence-electron chi connectivity index (χ0n) is 10.0. The summed E-state index contributed by atoms with van der Waals surface area (Å²) in [5.74, 6) is -0.833. The van der Waals surface area contributed by atoms with Gasteiger partial charge in [-0.1, -0.05) is 42.5 Å². The van der Waals surface area contributed by atoms with Gasteiger partial charge in [0.1, 0.15) is 6.10 Å². The Hall–Kier alpha value is -2.29. The molecule has 0 amide bonds. The summed E-state index contributed by atoms with van der Waals surface area (Å²) in [4.78, 5) is 9.00. The smallest absolute Gasteiger partial charge is 0.300 e. The lowest BCUT2D eigenvalue weighted by atomic mass is 9.99. The maximum atomic E-state index is 9.00. The molecule has 0 saturated heterocycles. The van der Waals surface area contributed by atoms with Gasteiger partial charge in [-0.2, -0.15) is 0 Å². The number of hydrogen-bond donors (Lipinski definition) is 1. The first-order valence-corrected chi connectivity index (χ1v) is 5.68. The molecule has 1 atom stereocenters. The van der Waals surface area contributed by atoms with E-state index >= 15 is 0 Å². The summed E-state index contributed by atoms with van der Waals surface area (Å²) in [5, 5.41) is 9.86. The summed E-state index contributed by atoms with van der Waals surface area (Å²) < 4.78 is 5.61. The van der Waals surface area contributed by atoms with E-state index in [9.17, 15) is 0 Å². The van der Waals surface area contributed by atoms with Crippen LogP contribution >= 0.6 is 0 Å². The van der Waals surface area contributed by atoms with Crippen molar-refractivity contribution < 1.29 is 14.6 Å². The van der Waals surface area contributed by atoms with Gasteiger partial charge in [-0.15, -0.1) is 0 Å². The number of aliphatic carboxylic acids is 1. The summed E-state index contributed by atoms with van der Waals surface area (Å²) in [6, 6.07) is 8.31. The van der Waals surface area contributed by atoms with E-state index in [0.717, 1.165) is 6.92 Å². The first-order chi connectivity index (χ1) is 8.68. The number of benzene rings is 1. The summed E-state index contributed by atoms with van der Waals surface area (Å²) in [6.45, 7) is 1.08. The largest absolute Gasteiger partial charge is 0.489 e. The second-order valence-electron chi connectivity index (χ2n) is 3.98. The zero-order chi connectivity index (χ0) is 13.0. The highest BCUT2D eigenvalue weighted by molar-refractivity contribution is 5.67. The molecular formula is C15H14O3. The monoisotopic (exact) mass is 242 g/mol. The van der Waals surface area contributed by atoms with Gasteiger partial charge in [0.05, 0.1) is 6.26 Å². The Balaban J connectivity index is 0.000000267. The normalized spacial score (nSPS) is 18.5. The Bertz CT molecular complexity index is 619. The van der Waals surface area contributed by atoms with Crippen molar-refractivity contribution in [2.45, 2.75) is 13.0 Å². The maximum absolute atomic E-state index is 9.00. The van der Waals surface area contributed by atoms with Gasteiger partial charge >= 0.3 is 0 Å². The molecule has 1 N–H and O–H groups in total. The first kappa shape index (κ1) is 12.2. The van der Waals surface area contributed by atoms with Crippen molar-refractivity contribution in [1.29, 1.82) is 0 Å². The fraction of sp³-hybridized carbons (Fsp3) is 0.133. The van der Waals surface area contributed by atoms with Crippen molar-refractivity contribution in [3.05, 3.63) is 59.0 Å². The van der Waals surface area contributed by atoms with E-state index in [0.29, 0.717) is 0 Å². The van der Waals surface area contributed by atoms with Crippen LogP contribution in [-0.2, 0) is 9.53 Å². The van der Waals surface area contributed by atoms with E-state index in [-0.39, 0.29) is 6.10 Å². The number of carboxylic acid groups (broad SMARTS) is 1. The molecule has 1 aliphatic heterocycles. The number of carboxylic acids is 1. The fourth-order valence-electron chi connectivity index (χ4n) is 1.89. The fourth-order valence-corrected chi connectivity index (χ4v) is 1.89. The molecule has 0 spiro atoms. The SMILES string of the molecule is C1=CC2=c3ccccc3=COC2C=C1.CC(=O)O. The molecule has 18 heavy (non-hydrogen) atoms. The molecule has 3 heteroatoms.